The van der Waals surface area contributed by atoms with Gasteiger partial charge in [-0.3, -0.25) is 4.79 Å². The lowest BCUT2D eigenvalue weighted by molar-refractivity contribution is -0.132. The van der Waals surface area contributed by atoms with Gasteiger partial charge >= 0.3 is 11.6 Å². The number of hydrogen-bond acceptors (Lipinski definition) is 6. The lowest BCUT2D eigenvalue weighted by Gasteiger charge is -2.16. The van der Waals surface area contributed by atoms with Crippen molar-refractivity contribution in [2.45, 2.75) is 85.2 Å². The molecule has 1 heterocycles. The van der Waals surface area contributed by atoms with Gasteiger partial charge in [-0.2, -0.15) is 0 Å². The van der Waals surface area contributed by atoms with Crippen LogP contribution in [0, 0.1) is 0 Å². The van der Waals surface area contributed by atoms with Gasteiger partial charge in [-0.1, -0.05) is 57.9 Å². The molecule has 0 unspecified atom stereocenters. The number of carbonyl (C=O) groups excluding carboxylic acids is 1. The smallest absolute Gasteiger partial charge is 0.383 e. The maximum Gasteiger partial charge on any atom is 0.383 e. The van der Waals surface area contributed by atoms with Crippen molar-refractivity contribution >= 4 is 16.9 Å². The summed E-state index contributed by atoms with van der Waals surface area (Å²) in [5, 5.41) is 0.501. The van der Waals surface area contributed by atoms with Gasteiger partial charge in [-0.05, 0) is 32.4 Å². The molecule has 0 aliphatic heterocycles. The fourth-order valence-corrected chi connectivity index (χ4v) is 3.30. The van der Waals surface area contributed by atoms with Gasteiger partial charge in [0, 0.05) is 6.92 Å². The molecule has 2 rings (SSSR count). The highest BCUT2D eigenvalue weighted by Crippen LogP contribution is 2.39. The van der Waals surface area contributed by atoms with Gasteiger partial charge < -0.3 is 18.6 Å². The average molecular weight is 419 g/mol. The summed E-state index contributed by atoms with van der Waals surface area (Å²) in [5.41, 5.74) is -0.412. The van der Waals surface area contributed by atoms with Crippen LogP contribution in [0.4, 0.5) is 0 Å². The standard InChI is InChI=1S/C24H34O6/c1-5-6-7-8-9-10-11-12-16-27-22-21-19(28-17(2)3)14-13-15-20(21)30-24(26)23(22)29-18(4)25/h13-15,17H,5-12,16H2,1-4H3. The molecule has 1 aromatic heterocycles. The Morgan fingerprint density at radius 1 is 1.00 bits per heavy atom. The van der Waals surface area contributed by atoms with Crippen molar-refractivity contribution in [1.29, 1.82) is 0 Å². The molecule has 6 heteroatoms. The minimum Gasteiger partial charge on any atom is -0.490 e. The Balaban J connectivity index is 2.18. The number of ether oxygens (including phenoxy) is 3. The minimum atomic E-state index is -0.745. The van der Waals surface area contributed by atoms with Crippen molar-refractivity contribution in [2.24, 2.45) is 0 Å². The van der Waals surface area contributed by atoms with E-state index in [-0.39, 0.29) is 17.6 Å². The number of hydrogen-bond donors (Lipinski definition) is 0. The minimum absolute atomic E-state index is 0.0831. The summed E-state index contributed by atoms with van der Waals surface area (Å²) in [5.74, 6) is -0.114. The third-order valence-electron chi connectivity index (χ3n) is 4.66. The molecule has 166 valence electrons. The van der Waals surface area contributed by atoms with Gasteiger partial charge in [0.25, 0.3) is 5.75 Å². The highest BCUT2D eigenvalue weighted by molar-refractivity contribution is 5.92. The van der Waals surface area contributed by atoms with Crippen molar-refractivity contribution in [3.8, 4) is 17.2 Å². The van der Waals surface area contributed by atoms with Crippen LogP contribution in [0.5, 0.6) is 17.2 Å². The van der Waals surface area contributed by atoms with Crippen molar-refractivity contribution in [1.82, 2.24) is 0 Å². The van der Waals surface area contributed by atoms with E-state index in [1.807, 2.05) is 13.8 Å². The first kappa shape index (κ1) is 23.8. The highest BCUT2D eigenvalue weighted by Gasteiger charge is 2.22. The Kier molecular flexibility index (Phi) is 9.71. The van der Waals surface area contributed by atoms with Crippen LogP contribution in [0.2, 0.25) is 0 Å². The molecule has 0 saturated carbocycles. The zero-order valence-electron chi connectivity index (χ0n) is 18.6. The summed E-state index contributed by atoms with van der Waals surface area (Å²) in [4.78, 5) is 24.0. The molecular formula is C24H34O6. The van der Waals surface area contributed by atoms with Gasteiger partial charge in [-0.25, -0.2) is 4.79 Å². The van der Waals surface area contributed by atoms with Crippen LogP contribution in [-0.2, 0) is 4.79 Å². The second-order valence-corrected chi connectivity index (χ2v) is 7.76. The largest absolute Gasteiger partial charge is 0.490 e. The van der Waals surface area contributed by atoms with Crippen molar-refractivity contribution in [3.05, 3.63) is 28.6 Å². The Bertz CT molecular complexity index is 868. The van der Waals surface area contributed by atoms with E-state index in [0.717, 1.165) is 19.3 Å². The summed E-state index contributed by atoms with van der Waals surface area (Å²) in [7, 11) is 0. The van der Waals surface area contributed by atoms with Crippen LogP contribution in [0.3, 0.4) is 0 Å². The fourth-order valence-electron chi connectivity index (χ4n) is 3.30. The van der Waals surface area contributed by atoms with Gasteiger partial charge in [0.2, 0.25) is 0 Å². The van der Waals surface area contributed by atoms with Gasteiger partial charge in [0.05, 0.1) is 12.7 Å². The lowest BCUT2D eigenvalue weighted by atomic mass is 10.1. The average Bonchev–Trinajstić information content (AvgIpc) is 2.68. The number of unbranched alkanes of at least 4 members (excludes halogenated alkanes) is 7. The van der Waals surface area contributed by atoms with Crippen LogP contribution in [-0.4, -0.2) is 18.7 Å². The molecule has 0 aliphatic rings. The van der Waals surface area contributed by atoms with Gasteiger partial charge in [-0.15, -0.1) is 0 Å². The highest BCUT2D eigenvalue weighted by atomic mass is 16.6. The molecular weight excluding hydrogens is 384 g/mol. The number of benzene rings is 1. The molecule has 0 bridgehead atoms. The SMILES string of the molecule is CCCCCCCCCCOc1c(OC(C)=O)c(=O)oc2cccc(OC(C)C)c12. The molecule has 0 fully saturated rings. The molecule has 30 heavy (non-hydrogen) atoms. The summed E-state index contributed by atoms with van der Waals surface area (Å²) in [6, 6.07) is 5.20. The van der Waals surface area contributed by atoms with Crippen LogP contribution in [0.1, 0.15) is 79.1 Å². The Labute approximate surface area is 178 Å². The molecule has 0 N–H and O–H groups in total. The quantitative estimate of drug-likeness (QED) is 0.225. The third-order valence-corrected chi connectivity index (χ3v) is 4.66. The number of rotatable bonds is 13. The van der Waals surface area contributed by atoms with E-state index in [4.69, 9.17) is 18.6 Å². The molecule has 1 aromatic carbocycles. The maximum atomic E-state index is 12.4. The van der Waals surface area contributed by atoms with Crippen LogP contribution in [0.25, 0.3) is 11.0 Å². The topological polar surface area (TPSA) is 75.0 Å². The number of carbonyl (C=O) groups is 1. The van der Waals surface area contributed by atoms with E-state index >= 15 is 0 Å². The van der Waals surface area contributed by atoms with Crippen molar-refractivity contribution in [2.75, 3.05) is 6.61 Å². The first-order chi connectivity index (χ1) is 14.4. The third kappa shape index (κ3) is 7.08. The summed E-state index contributed by atoms with van der Waals surface area (Å²) >= 11 is 0. The first-order valence-electron chi connectivity index (χ1n) is 11.0. The van der Waals surface area contributed by atoms with Gasteiger partial charge in [0.1, 0.15) is 16.7 Å². The molecule has 0 spiro atoms. The van der Waals surface area contributed by atoms with Gasteiger partial charge in [0.15, 0.2) is 5.75 Å². The summed E-state index contributed by atoms with van der Waals surface area (Å²) in [6.07, 6.45) is 9.31. The van der Waals surface area contributed by atoms with Crippen molar-refractivity contribution in [3.63, 3.8) is 0 Å². The molecule has 0 amide bonds. The first-order valence-corrected chi connectivity index (χ1v) is 11.0. The van der Waals surface area contributed by atoms with E-state index in [1.54, 1.807) is 18.2 Å². The van der Waals surface area contributed by atoms with Crippen molar-refractivity contribution < 1.29 is 23.4 Å². The Hall–Kier alpha value is -2.50. The Morgan fingerprint density at radius 2 is 1.67 bits per heavy atom. The van der Waals surface area contributed by atoms with Crippen LogP contribution >= 0.6 is 0 Å². The van der Waals surface area contributed by atoms with E-state index in [9.17, 15) is 9.59 Å². The zero-order chi connectivity index (χ0) is 21.9. The number of esters is 1. The number of fused-ring (bicyclic) bond motifs is 1. The summed E-state index contributed by atoms with van der Waals surface area (Å²) < 4.78 is 22.4. The van der Waals surface area contributed by atoms with E-state index in [1.165, 1.54) is 39.0 Å². The Morgan fingerprint density at radius 3 is 2.30 bits per heavy atom. The predicted octanol–water partition coefficient (Wildman–Crippen LogP) is 6.03. The normalized spacial score (nSPS) is 11.1. The second kappa shape index (κ2) is 12.3. The monoisotopic (exact) mass is 418 g/mol. The molecule has 0 radical (unpaired) electrons. The zero-order valence-corrected chi connectivity index (χ0v) is 18.6. The predicted molar refractivity (Wildman–Crippen MR) is 118 cm³/mol. The summed E-state index contributed by atoms with van der Waals surface area (Å²) in [6.45, 7) is 7.69. The van der Waals surface area contributed by atoms with Crippen LogP contribution in [0.15, 0.2) is 27.4 Å². The second-order valence-electron chi connectivity index (χ2n) is 7.76. The van der Waals surface area contributed by atoms with E-state index in [0.29, 0.717) is 23.3 Å². The maximum absolute atomic E-state index is 12.4. The van der Waals surface area contributed by atoms with Crippen LogP contribution < -0.4 is 19.8 Å². The lowest BCUT2D eigenvalue weighted by Crippen LogP contribution is -2.14. The fraction of sp³-hybridized carbons (Fsp3) is 0.583. The molecule has 6 nitrogen and oxygen atoms in total. The van der Waals surface area contributed by atoms with E-state index in [2.05, 4.69) is 6.92 Å². The molecule has 0 aliphatic carbocycles. The molecule has 2 aromatic rings. The molecule has 0 saturated heterocycles. The van der Waals surface area contributed by atoms with E-state index < -0.39 is 11.6 Å². The molecule has 0 atom stereocenters.